The molecule has 0 radical (unpaired) electrons. The zero-order valence-corrected chi connectivity index (χ0v) is 19.2. The van der Waals surface area contributed by atoms with Gasteiger partial charge in [-0.15, -0.1) is 0 Å². The van der Waals surface area contributed by atoms with Crippen LogP contribution >= 0.6 is 27.5 Å². The maximum absolute atomic E-state index is 14.0. The Morgan fingerprint density at radius 2 is 1.65 bits per heavy atom. The summed E-state index contributed by atoms with van der Waals surface area (Å²) in [6.07, 6.45) is 0. The molecule has 31 heavy (non-hydrogen) atoms. The topological polar surface area (TPSA) is 75.3 Å². The molecule has 162 valence electrons. The molecule has 0 aromatic heterocycles. The number of carbonyl (C=O) groups excluding carboxylic acids is 1. The summed E-state index contributed by atoms with van der Waals surface area (Å²) in [7, 11) is -4.68. The van der Waals surface area contributed by atoms with E-state index in [9.17, 15) is 22.0 Å². The number of carbonyl (C=O) groups is 1. The van der Waals surface area contributed by atoms with Crippen LogP contribution in [-0.4, -0.2) is 14.3 Å². The normalized spacial score (nSPS) is 12.3. The Hall–Kier alpha value is -2.49. The largest absolute Gasteiger partial charge is 0.345 e. The van der Waals surface area contributed by atoms with Crippen molar-refractivity contribution in [3.05, 3.63) is 92.9 Å². The molecule has 0 spiro atoms. The van der Waals surface area contributed by atoms with Crippen LogP contribution < -0.4 is 10.0 Å². The Kier molecular flexibility index (Phi) is 6.98. The molecular formula is C21H16BrClF2N2O3S. The molecule has 0 aliphatic carbocycles. The fraction of sp³-hybridized carbons (Fsp3) is 0.0952. The first-order valence-corrected chi connectivity index (χ1v) is 11.6. The number of benzene rings is 3. The summed E-state index contributed by atoms with van der Waals surface area (Å²) in [5, 5.41) is 2.89. The quantitative estimate of drug-likeness (QED) is 0.432. The molecule has 3 aromatic rings. The number of halogens is 4. The Morgan fingerprint density at radius 1 is 1.03 bits per heavy atom. The van der Waals surface area contributed by atoms with E-state index in [0.29, 0.717) is 0 Å². The molecule has 0 saturated heterocycles. The van der Waals surface area contributed by atoms with Gasteiger partial charge in [0.1, 0.15) is 11.6 Å². The minimum Gasteiger partial charge on any atom is -0.345 e. The molecule has 1 amide bonds. The van der Waals surface area contributed by atoms with Crippen molar-refractivity contribution in [2.75, 3.05) is 4.72 Å². The Bertz CT molecular complexity index is 1220. The summed E-state index contributed by atoms with van der Waals surface area (Å²) < 4.78 is 56.2. The fourth-order valence-electron chi connectivity index (χ4n) is 2.84. The van der Waals surface area contributed by atoms with Crippen LogP contribution in [0.3, 0.4) is 0 Å². The van der Waals surface area contributed by atoms with Gasteiger partial charge in [-0.1, -0.05) is 45.7 Å². The fourth-order valence-corrected chi connectivity index (χ4v) is 4.49. The van der Waals surface area contributed by atoms with Crippen LogP contribution in [0.4, 0.5) is 14.5 Å². The van der Waals surface area contributed by atoms with Crippen LogP contribution in [0.2, 0.25) is 5.02 Å². The number of anilines is 1. The zero-order chi connectivity index (χ0) is 22.8. The summed E-state index contributed by atoms with van der Waals surface area (Å²) in [4.78, 5) is 11.7. The Morgan fingerprint density at radius 3 is 2.26 bits per heavy atom. The van der Waals surface area contributed by atoms with Gasteiger partial charge in [-0.3, -0.25) is 9.52 Å². The van der Waals surface area contributed by atoms with Crippen LogP contribution in [0.1, 0.15) is 28.9 Å². The summed E-state index contributed by atoms with van der Waals surface area (Å²) in [5.41, 5.74) is 0.547. The number of nitrogens with one attached hydrogen (secondary N) is 2. The van der Waals surface area contributed by atoms with Crippen molar-refractivity contribution < 1.29 is 22.0 Å². The molecular weight excluding hydrogens is 514 g/mol. The minimum atomic E-state index is -4.68. The molecule has 3 rings (SSSR count). The number of hydrogen-bond donors (Lipinski definition) is 2. The maximum atomic E-state index is 14.0. The third kappa shape index (κ3) is 5.41. The first kappa shape index (κ1) is 23.2. The summed E-state index contributed by atoms with van der Waals surface area (Å²) in [6, 6.07) is 13.5. The number of sulfonamides is 1. The molecule has 0 unspecified atom stereocenters. The first-order valence-electron chi connectivity index (χ1n) is 8.91. The van der Waals surface area contributed by atoms with Gasteiger partial charge in [0.15, 0.2) is 4.90 Å². The number of rotatable bonds is 6. The van der Waals surface area contributed by atoms with E-state index in [-0.39, 0.29) is 16.3 Å². The molecule has 0 fully saturated rings. The van der Waals surface area contributed by atoms with E-state index in [1.165, 1.54) is 18.2 Å². The zero-order valence-electron chi connectivity index (χ0n) is 16.0. The van der Waals surface area contributed by atoms with Gasteiger partial charge in [0.2, 0.25) is 0 Å². The van der Waals surface area contributed by atoms with E-state index in [2.05, 4.69) is 26.0 Å². The maximum Gasteiger partial charge on any atom is 0.267 e. The Labute approximate surface area is 191 Å². The van der Waals surface area contributed by atoms with E-state index < -0.39 is 38.5 Å². The third-order valence-corrected chi connectivity index (χ3v) is 6.56. The molecule has 0 aliphatic rings. The summed E-state index contributed by atoms with van der Waals surface area (Å²) in [5.74, 6) is -3.12. The van der Waals surface area contributed by atoms with Crippen LogP contribution in [0.25, 0.3) is 0 Å². The Balaban J connectivity index is 1.92. The van der Waals surface area contributed by atoms with Gasteiger partial charge in [0.25, 0.3) is 15.9 Å². The molecule has 1 atom stereocenters. The molecule has 2 N–H and O–H groups in total. The highest BCUT2D eigenvalue weighted by molar-refractivity contribution is 9.10. The lowest BCUT2D eigenvalue weighted by atomic mass is 10.1. The van der Waals surface area contributed by atoms with Crippen molar-refractivity contribution >= 4 is 49.1 Å². The number of hydrogen-bond acceptors (Lipinski definition) is 3. The van der Waals surface area contributed by atoms with Gasteiger partial charge in [-0.25, -0.2) is 17.2 Å². The molecule has 0 saturated carbocycles. The lowest BCUT2D eigenvalue weighted by Crippen LogP contribution is -2.28. The number of amides is 1. The lowest BCUT2D eigenvalue weighted by molar-refractivity contribution is 0.0941. The second kappa shape index (κ2) is 9.33. The van der Waals surface area contributed by atoms with Crippen molar-refractivity contribution in [2.45, 2.75) is 17.9 Å². The average molecular weight is 530 g/mol. The van der Waals surface area contributed by atoms with Gasteiger partial charge < -0.3 is 5.32 Å². The standard InChI is InChI=1S/C21H16BrClF2N2O3S/c1-12(13-5-7-14(22)8-6-13)26-21(28)16-10-9-15(23)11-19(16)27-31(29,30)20-17(24)3-2-4-18(20)25/h2-12,27H,1H3,(H,26,28)/t12-/m1/s1. The van der Waals surface area contributed by atoms with Crippen molar-refractivity contribution in [1.29, 1.82) is 0 Å². The lowest BCUT2D eigenvalue weighted by Gasteiger charge is -2.17. The summed E-state index contributed by atoms with van der Waals surface area (Å²) >= 11 is 9.29. The van der Waals surface area contributed by atoms with Crippen LogP contribution in [0, 0.1) is 11.6 Å². The van der Waals surface area contributed by atoms with Gasteiger partial charge in [-0.2, -0.15) is 0 Å². The van der Waals surface area contributed by atoms with E-state index in [1.54, 1.807) is 6.92 Å². The molecule has 0 heterocycles. The van der Waals surface area contributed by atoms with E-state index in [1.807, 2.05) is 24.3 Å². The second-order valence-electron chi connectivity index (χ2n) is 6.59. The van der Waals surface area contributed by atoms with Crippen molar-refractivity contribution in [2.24, 2.45) is 0 Å². The molecule has 0 aliphatic heterocycles. The van der Waals surface area contributed by atoms with Crippen LogP contribution in [-0.2, 0) is 10.0 Å². The average Bonchev–Trinajstić information content (AvgIpc) is 2.67. The van der Waals surface area contributed by atoms with Gasteiger partial charge in [0, 0.05) is 9.50 Å². The van der Waals surface area contributed by atoms with Crippen LogP contribution in [0.15, 0.2) is 70.0 Å². The minimum absolute atomic E-state index is 0.0614. The van der Waals surface area contributed by atoms with Gasteiger partial charge in [-0.05, 0) is 55.0 Å². The smallest absolute Gasteiger partial charge is 0.267 e. The van der Waals surface area contributed by atoms with Crippen LogP contribution in [0.5, 0.6) is 0 Å². The summed E-state index contributed by atoms with van der Waals surface area (Å²) in [6.45, 7) is 1.76. The van der Waals surface area contributed by atoms with Crippen molar-refractivity contribution in [3.63, 3.8) is 0 Å². The van der Waals surface area contributed by atoms with Gasteiger partial charge in [0.05, 0.1) is 17.3 Å². The van der Waals surface area contributed by atoms with Gasteiger partial charge >= 0.3 is 0 Å². The van der Waals surface area contributed by atoms with Crippen molar-refractivity contribution in [1.82, 2.24) is 5.32 Å². The predicted molar refractivity (Wildman–Crippen MR) is 119 cm³/mol. The highest BCUT2D eigenvalue weighted by Crippen LogP contribution is 2.27. The van der Waals surface area contributed by atoms with E-state index in [0.717, 1.165) is 28.2 Å². The van der Waals surface area contributed by atoms with Crippen molar-refractivity contribution in [3.8, 4) is 0 Å². The molecule has 3 aromatic carbocycles. The molecule has 10 heteroatoms. The monoisotopic (exact) mass is 528 g/mol. The van der Waals surface area contributed by atoms with E-state index in [4.69, 9.17) is 11.6 Å². The molecule has 0 bridgehead atoms. The highest BCUT2D eigenvalue weighted by Gasteiger charge is 2.26. The highest BCUT2D eigenvalue weighted by atomic mass is 79.9. The van der Waals surface area contributed by atoms with E-state index >= 15 is 0 Å². The molecule has 5 nitrogen and oxygen atoms in total. The second-order valence-corrected chi connectivity index (χ2v) is 9.56. The SMILES string of the molecule is C[C@@H](NC(=O)c1ccc(Cl)cc1NS(=O)(=O)c1c(F)cccc1F)c1ccc(Br)cc1. The third-order valence-electron chi connectivity index (χ3n) is 4.38. The predicted octanol–water partition coefficient (Wildman–Crippen LogP) is 5.67. The first-order chi connectivity index (χ1) is 14.6.